The summed E-state index contributed by atoms with van der Waals surface area (Å²) < 4.78 is 81.1. The lowest BCUT2D eigenvalue weighted by Gasteiger charge is -2.50. The van der Waals surface area contributed by atoms with Crippen LogP contribution in [0.2, 0.25) is 39.3 Å². The van der Waals surface area contributed by atoms with E-state index in [-0.39, 0.29) is 0 Å². The maximum Gasteiger partial charge on any atom is 0.190 e. The zero-order valence-electron chi connectivity index (χ0n) is 32.7. The summed E-state index contributed by atoms with van der Waals surface area (Å²) in [5, 5.41) is 1.08. The summed E-state index contributed by atoms with van der Waals surface area (Å²) in [6.07, 6.45) is -5.43. The van der Waals surface area contributed by atoms with Crippen LogP contribution in [-0.4, -0.2) is 113 Å². The lowest BCUT2D eigenvalue weighted by atomic mass is 9.99. The molecule has 15 heteroatoms. The first kappa shape index (κ1) is 38.9. The van der Waals surface area contributed by atoms with E-state index in [1.54, 1.807) is 0 Å². The Morgan fingerprint density at radius 1 is 0.490 bits per heavy atom. The van der Waals surface area contributed by atoms with Gasteiger partial charge in [-0.2, -0.15) is 0 Å². The molecule has 12 atom stereocenters. The van der Waals surface area contributed by atoms with E-state index in [4.69, 9.17) is 56.2 Å². The van der Waals surface area contributed by atoms with Crippen molar-refractivity contribution in [2.75, 3.05) is 0 Å². The Kier molecular flexibility index (Phi) is 9.98. The van der Waals surface area contributed by atoms with Crippen molar-refractivity contribution in [1.82, 2.24) is 0 Å². The van der Waals surface area contributed by atoms with Gasteiger partial charge in [0.1, 0.15) is 60.5 Å². The summed E-state index contributed by atoms with van der Waals surface area (Å²) in [6, 6.07) is 10.5. The van der Waals surface area contributed by atoms with Gasteiger partial charge in [-0.3, -0.25) is 0 Å². The van der Waals surface area contributed by atoms with Crippen LogP contribution >= 0.6 is 7.92 Å². The van der Waals surface area contributed by atoms with Crippen LogP contribution in [0.3, 0.4) is 0 Å². The molecule has 0 N–H and O–H groups in total. The van der Waals surface area contributed by atoms with Crippen molar-refractivity contribution < 1.29 is 56.2 Å². The molecule has 6 heterocycles. The maximum absolute atomic E-state index is 7.39. The molecule has 0 radical (unpaired) electrons. The summed E-state index contributed by atoms with van der Waals surface area (Å²) in [7, 11) is -6.05. The molecule has 6 fully saturated rings. The molecule has 6 aliphatic rings. The highest BCUT2D eigenvalue weighted by Gasteiger charge is 2.66. The average molecular weight is 771 g/mol. The van der Waals surface area contributed by atoms with E-state index in [2.05, 4.69) is 63.5 Å². The molecule has 2 unspecified atom stereocenters. The third-order valence-corrected chi connectivity index (χ3v) is 14.6. The van der Waals surface area contributed by atoms with Crippen molar-refractivity contribution >= 4 is 29.9 Å². The van der Waals surface area contributed by atoms with E-state index in [1.165, 1.54) is 0 Å². The topological polar surface area (TPSA) is 111 Å². The van der Waals surface area contributed by atoms with Gasteiger partial charge in [0.25, 0.3) is 0 Å². The molecular formula is C36H59O12PSi2. The third kappa shape index (κ3) is 8.13. The predicted molar refractivity (Wildman–Crippen MR) is 194 cm³/mol. The molecule has 0 spiro atoms. The molecule has 51 heavy (non-hydrogen) atoms. The molecule has 0 aliphatic carbocycles. The van der Waals surface area contributed by atoms with Gasteiger partial charge in [-0.05, 0) is 108 Å². The Balaban J connectivity index is 1.38. The number of rotatable bonds is 9. The Morgan fingerprint density at radius 2 is 0.824 bits per heavy atom. The second-order valence-corrected chi connectivity index (χ2v) is 29.5. The number of ether oxygens (including phenoxy) is 10. The molecule has 6 aliphatic heterocycles. The smallest absolute Gasteiger partial charge is 0.190 e. The monoisotopic (exact) mass is 770 g/mol. The fraction of sp³-hybridized carbons (Fsp3) is 0.833. The van der Waals surface area contributed by atoms with Crippen molar-refractivity contribution in [3.8, 4) is 0 Å². The van der Waals surface area contributed by atoms with Gasteiger partial charge in [-0.25, -0.2) is 0 Å². The van der Waals surface area contributed by atoms with Gasteiger partial charge in [-0.15, -0.1) is 0 Å². The first-order valence-corrected chi connectivity index (χ1v) is 26.6. The van der Waals surface area contributed by atoms with Crippen LogP contribution < -0.4 is 5.30 Å². The second kappa shape index (κ2) is 13.1. The van der Waals surface area contributed by atoms with Crippen LogP contribution in [0.4, 0.5) is 0 Å². The molecule has 1 aromatic rings. The van der Waals surface area contributed by atoms with E-state index in [9.17, 15) is 0 Å². The molecule has 12 nitrogen and oxygen atoms in total. The van der Waals surface area contributed by atoms with Crippen LogP contribution in [0.5, 0.6) is 0 Å². The molecule has 6 saturated heterocycles. The quantitative estimate of drug-likeness (QED) is 0.219. The fourth-order valence-electron chi connectivity index (χ4n) is 8.07. The van der Waals surface area contributed by atoms with Gasteiger partial charge >= 0.3 is 0 Å². The molecular weight excluding hydrogens is 712 g/mol. The summed E-state index contributed by atoms with van der Waals surface area (Å²) in [6.45, 7) is 28.5. The van der Waals surface area contributed by atoms with Gasteiger partial charge in [0.2, 0.25) is 0 Å². The van der Waals surface area contributed by atoms with Gasteiger partial charge in [0.05, 0.1) is 0 Å². The minimum Gasteiger partial charge on any atom is -0.408 e. The summed E-state index contributed by atoms with van der Waals surface area (Å²) in [5.74, 6) is -4.53. The number of hydrogen-bond acceptors (Lipinski definition) is 12. The second-order valence-electron chi connectivity index (χ2n) is 18.3. The Morgan fingerprint density at radius 3 is 1.20 bits per heavy atom. The third-order valence-electron chi connectivity index (χ3n) is 9.49. The normalized spacial score (nSPS) is 40.9. The number of fused-ring (bicyclic) bond motifs is 6. The van der Waals surface area contributed by atoms with E-state index < -0.39 is 121 Å². The Bertz CT molecular complexity index is 1330. The van der Waals surface area contributed by atoms with Crippen LogP contribution in [-0.2, 0) is 56.2 Å². The fourth-order valence-corrected chi connectivity index (χ4v) is 15.1. The summed E-state index contributed by atoms with van der Waals surface area (Å²) >= 11 is 0. The average Bonchev–Trinajstić information content (AvgIpc) is 3.67. The molecule has 0 bridgehead atoms. The van der Waals surface area contributed by atoms with Crippen molar-refractivity contribution in [3.63, 3.8) is 0 Å². The maximum atomic E-state index is 7.39. The molecule has 0 saturated carbocycles. The van der Waals surface area contributed by atoms with E-state index in [1.807, 2.05) is 61.5 Å². The van der Waals surface area contributed by atoms with Crippen LogP contribution in [0.25, 0.3) is 0 Å². The summed E-state index contributed by atoms with van der Waals surface area (Å²) in [4.78, 5) is 0. The summed E-state index contributed by atoms with van der Waals surface area (Å²) in [5.41, 5.74) is 0. The first-order valence-electron chi connectivity index (χ1n) is 18.3. The minimum absolute atomic E-state index is 0.447. The van der Waals surface area contributed by atoms with Crippen molar-refractivity contribution in [3.05, 3.63) is 30.3 Å². The van der Waals surface area contributed by atoms with Crippen LogP contribution in [0.15, 0.2) is 30.3 Å². The van der Waals surface area contributed by atoms with Gasteiger partial charge in [-0.1, -0.05) is 30.3 Å². The minimum atomic E-state index is -2.30. The molecule has 288 valence electrons. The largest absolute Gasteiger partial charge is 0.408 e. The first-order chi connectivity index (χ1) is 23.4. The highest BCUT2D eigenvalue weighted by Crippen LogP contribution is 2.58. The number of hydrogen-bond donors (Lipinski definition) is 0. The van der Waals surface area contributed by atoms with Gasteiger partial charge in [0.15, 0.2) is 52.4 Å². The van der Waals surface area contributed by atoms with Gasteiger partial charge < -0.3 is 56.2 Å². The molecule has 0 aromatic heterocycles. The lowest BCUT2D eigenvalue weighted by molar-refractivity contribution is -0.246. The highest BCUT2D eigenvalue weighted by atomic mass is 31.1. The van der Waals surface area contributed by atoms with Crippen molar-refractivity contribution in [2.45, 2.75) is 191 Å². The Labute approximate surface area is 306 Å². The lowest BCUT2D eigenvalue weighted by Crippen LogP contribution is -2.63. The van der Waals surface area contributed by atoms with E-state index >= 15 is 0 Å². The SMILES string of the molecule is CC1(C)O[C@@H]2OC([C@@H](O[Si](C)(C)C)P(c3ccccc3)[C@H](O[Si](C)(C)C)C3O[C@H]4OC(C)(C)O[C@H]4[C@@H]4OC(C)(C)O[C@H]34)[C@H]3OC(C)(C)O[C@H]3[C@@H]2O1. The zero-order chi connectivity index (χ0) is 37.1. The van der Waals surface area contributed by atoms with E-state index in [0.717, 1.165) is 5.30 Å². The van der Waals surface area contributed by atoms with E-state index in [0.29, 0.717) is 0 Å². The number of benzene rings is 1. The molecule has 1 aromatic carbocycles. The van der Waals surface area contributed by atoms with Crippen LogP contribution in [0, 0.1) is 0 Å². The van der Waals surface area contributed by atoms with Crippen LogP contribution in [0.1, 0.15) is 55.4 Å². The van der Waals surface area contributed by atoms with Gasteiger partial charge in [0, 0.05) is 0 Å². The molecule has 7 rings (SSSR count). The predicted octanol–water partition coefficient (Wildman–Crippen LogP) is 5.94. The molecule has 0 amide bonds. The Hall–Kier alpha value is -0.396. The van der Waals surface area contributed by atoms with Crippen molar-refractivity contribution in [1.29, 1.82) is 0 Å². The zero-order valence-corrected chi connectivity index (χ0v) is 35.6. The standard InChI is InChI=1S/C36H59O12PSi2/c1-33(2)39-21-23(41-33)27(37-29-25(21)43-35(5,6)45-29)31(47-50(9,10)11)49(20-18-16-15-17-19-20)32(48-51(12,13)14)28-24-22(40-34(3,4)42-24)26-30(38-28)46-36(7,8)44-26/h15-19,21-32H,1-14H3/t21-,22-,23+,24+,25+,26+,27?,28?,29+,30+,31+,32+,49?/m1/s1. The highest BCUT2D eigenvalue weighted by molar-refractivity contribution is 7.67. The van der Waals surface area contributed by atoms with Crippen molar-refractivity contribution in [2.24, 2.45) is 0 Å².